The molecule has 1 aromatic heterocycles. The molecule has 1 aromatic rings. The molecule has 0 saturated heterocycles. The van der Waals surface area contributed by atoms with Gasteiger partial charge in [-0.15, -0.1) is 0 Å². The van der Waals surface area contributed by atoms with E-state index in [1.165, 1.54) is 0 Å². The summed E-state index contributed by atoms with van der Waals surface area (Å²) in [6, 6.07) is -1.43. The number of imide groups is 1. The zero-order valence-corrected chi connectivity index (χ0v) is 10.0. The number of primary amides is 1. The predicted octanol–water partition coefficient (Wildman–Crippen LogP) is -0.0356. The molecule has 0 aliphatic rings. The van der Waals surface area contributed by atoms with Crippen molar-refractivity contribution in [3.05, 3.63) is 17.3 Å². The van der Waals surface area contributed by atoms with Gasteiger partial charge in [-0.25, -0.2) is 9.78 Å². The van der Waals surface area contributed by atoms with E-state index in [9.17, 15) is 9.59 Å². The monoisotopic (exact) mass is 240 g/mol. The average Bonchev–Trinajstić information content (AvgIpc) is 2.54. The molecule has 0 fully saturated rings. The fraction of sp³-hybridized carbons (Fsp3) is 0.500. The summed E-state index contributed by atoms with van der Waals surface area (Å²) in [7, 11) is 0. The van der Waals surface area contributed by atoms with Crippen LogP contribution < -0.4 is 16.4 Å². The molecule has 94 valence electrons. The molecule has 0 aliphatic heterocycles. The molecule has 4 N–H and O–H groups in total. The zero-order chi connectivity index (χ0) is 13.0. The lowest BCUT2D eigenvalue weighted by Gasteiger charge is -2.10. The molecule has 17 heavy (non-hydrogen) atoms. The lowest BCUT2D eigenvalue weighted by atomic mass is 10.3. The van der Waals surface area contributed by atoms with E-state index in [1.54, 1.807) is 6.92 Å². The summed E-state index contributed by atoms with van der Waals surface area (Å²) in [6.07, 6.45) is 0. The minimum Gasteiger partial charge on any atom is -0.444 e. The van der Waals surface area contributed by atoms with Crippen LogP contribution in [0.3, 0.4) is 0 Å². The highest BCUT2D eigenvalue weighted by Gasteiger charge is 2.15. The molecule has 0 aliphatic carbocycles. The number of oxazole rings is 1. The number of rotatable bonds is 4. The highest BCUT2D eigenvalue weighted by atomic mass is 16.4. The maximum Gasteiger partial charge on any atom is 0.318 e. The van der Waals surface area contributed by atoms with Crippen molar-refractivity contribution in [3.63, 3.8) is 0 Å². The molecule has 0 aromatic carbocycles. The van der Waals surface area contributed by atoms with E-state index < -0.39 is 18.0 Å². The van der Waals surface area contributed by atoms with Gasteiger partial charge in [0.25, 0.3) is 0 Å². The van der Waals surface area contributed by atoms with Crippen LogP contribution in [0, 0.1) is 13.8 Å². The van der Waals surface area contributed by atoms with Crippen molar-refractivity contribution in [1.29, 1.82) is 0 Å². The Labute approximate surface area is 98.8 Å². The van der Waals surface area contributed by atoms with Gasteiger partial charge in [0.1, 0.15) is 5.76 Å². The number of nitrogens with one attached hydrogen (secondary N) is 2. The Hall–Kier alpha value is -1.89. The van der Waals surface area contributed by atoms with Gasteiger partial charge in [0, 0.05) is 0 Å². The number of urea groups is 1. The Bertz CT molecular complexity index is 408. The number of nitrogens with zero attached hydrogens (tertiary/aromatic N) is 1. The second-order valence-corrected chi connectivity index (χ2v) is 3.71. The van der Waals surface area contributed by atoms with Crippen LogP contribution in [0.4, 0.5) is 4.79 Å². The Kier molecular flexibility index (Phi) is 4.22. The number of hydrogen-bond donors (Lipinski definition) is 3. The van der Waals surface area contributed by atoms with Gasteiger partial charge in [-0.3, -0.25) is 15.4 Å². The first kappa shape index (κ1) is 13.2. The SMILES string of the molecule is Cc1nc(CNC(C)C(=O)NC(N)=O)oc1C. The molecule has 1 unspecified atom stereocenters. The molecule has 0 bridgehead atoms. The number of hydrogen-bond acceptors (Lipinski definition) is 5. The maximum atomic E-state index is 11.3. The number of aromatic nitrogens is 1. The second-order valence-electron chi connectivity index (χ2n) is 3.71. The van der Waals surface area contributed by atoms with Crippen LogP contribution in [-0.4, -0.2) is 23.0 Å². The Morgan fingerprint density at radius 2 is 2.12 bits per heavy atom. The largest absolute Gasteiger partial charge is 0.444 e. The number of carbonyl (C=O) groups is 2. The van der Waals surface area contributed by atoms with Gasteiger partial charge in [0.2, 0.25) is 11.8 Å². The van der Waals surface area contributed by atoms with E-state index in [0.717, 1.165) is 11.5 Å². The van der Waals surface area contributed by atoms with Gasteiger partial charge in [0.05, 0.1) is 18.3 Å². The minimum atomic E-state index is -0.869. The van der Waals surface area contributed by atoms with Crippen LogP contribution in [0.2, 0.25) is 0 Å². The molecule has 0 radical (unpaired) electrons. The molecule has 7 heteroatoms. The standard InChI is InChI=1S/C10H16N4O3/c1-5-7(3)17-8(13-5)4-12-6(2)9(15)14-10(11)16/h6,12H,4H2,1-3H3,(H3,11,14,15,16). The first-order chi connectivity index (χ1) is 7.90. The van der Waals surface area contributed by atoms with E-state index in [-0.39, 0.29) is 0 Å². The quantitative estimate of drug-likeness (QED) is 0.684. The fourth-order valence-electron chi connectivity index (χ4n) is 1.18. The average molecular weight is 240 g/mol. The highest BCUT2D eigenvalue weighted by Crippen LogP contribution is 2.07. The number of amides is 3. The van der Waals surface area contributed by atoms with Gasteiger partial charge >= 0.3 is 6.03 Å². The summed E-state index contributed by atoms with van der Waals surface area (Å²) in [5.41, 5.74) is 5.65. The molecule has 1 atom stereocenters. The normalized spacial score (nSPS) is 12.2. The Morgan fingerprint density at radius 3 is 2.59 bits per heavy atom. The third-order valence-corrected chi connectivity index (χ3v) is 2.27. The minimum absolute atomic E-state index is 0.308. The van der Waals surface area contributed by atoms with Crippen LogP contribution in [0.15, 0.2) is 4.42 Å². The van der Waals surface area contributed by atoms with Crippen molar-refractivity contribution in [1.82, 2.24) is 15.6 Å². The summed E-state index contributed by atoms with van der Waals surface area (Å²) in [5.74, 6) is 0.757. The van der Waals surface area contributed by atoms with Gasteiger partial charge in [0.15, 0.2) is 0 Å². The van der Waals surface area contributed by atoms with Gasteiger partial charge in [-0.1, -0.05) is 0 Å². The molecular formula is C10H16N4O3. The third-order valence-electron chi connectivity index (χ3n) is 2.27. The number of nitrogens with two attached hydrogens (primary N) is 1. The number of carbonyl (C=O) groups excluding carboxylic acids is 2. The lowest BCUT2D eigenvalue weighted by molar-refractivity contribution is -0.121. The van der Waals surface area contributed by atoms with Crippen molar-refractivity contribution in [3.8, 4) is 0 Å². The third kappa shape index (κ3) is 3.87. The predicted molar refractivity (Wildman–Crippen MR) is 60.0 cm³/mol. The summed E-state index contributed by atoms with van der Waals surface area (Å²) in [4.78, 5) is 25.9. The van der Waals surface area contributed by atoms with Gasteiger partial charge < -0.3 is 10.2 Å². The van der Waals surface area contributed by atoms with Crippen LogP contribution >= 0.6 is 0 Å². The van der Waals surface area contributed by atoms with Crippen molar-refractivity contribution in [2.24, 2.45) is 5.73 Å². The highest BCUT2D eigenvalue weighted by molar-refractivity contribution is 5.96. The van der Waals surface area contributed by atoms with Gasteiger partial charge in [-0.2, -0.15) is 0 Å². The fourth-order valence-corrected chi connectivity index (χ4v) is 1.18. The maximum absolute atomic E-state index is 11.3. The van der Waals surface area contributed by atoms with E-state index in [2.05, 4.69) is 10.3 Å². The van der Waals surface area contributed by atoms with Crippen molar-refractivity contribution >= 4 is 11.9 Å². The second kappa shape index (κ2) is 5.44. The molecule has 7 nitrogen and oxygen atoms in total. The molecule has 3 amide bonds. The Morgan fingerprint density at radius 1 is 1.47 bits per heavy atom. The van der Waals surface area contributed by atoms with Crippen molar-refractivity contribution in [2.45, 2.75) is 33.4 Å². The van der Waals surface area contributed by atoms with Crippen LogP contribution in [0.5, 0.6) is 0 Å². The molecule has 0 saturated carbocycles. The van der Waals surface area contributed by atoms with E-state index in [1.807, 2.05) is 19.2 Å². The summed E-state index contributed by atoms with van der Waals surface area (Å²) < 4.78 is 5.33. The van der Waals surface area contributed by atoms with E-state index in [0.29, 0.717) is 12.4 Å². The Balaban J connectivity index is 2.45. The van der Waals surface area contributed by atoms with E-state index in [4.69, 9.17) is 10.2 Å². The van der Waals surface area contributed by atoms with Crippen LogP contribution in [-0.2, 0) is 11.3 Å². The van der Waals surface area contributed by atoms with Gasteiger partial charge in [-0.05, 0) is 20.8 Å². The zero-order valence-electron chi connectivity index (χ0n) is 10.0. The van der Waals surface area contributed by atoms with Crippen molar-refractivity contribution in [2.75, 3.05) is 0 Å². The molecule has 1 rings (SSSR count). The van der Waals surface area contributed by atoms with Crippen molar-refractivity contribution < 1.29 is 14.0 Å². The summed E-state index contributed by atoms with van der Waals surface area (Å²) >= 11 is 0. The first-order valence-corrected chi connectivity index (χ1v) is 5.16. The topological polar surface area (TPSA) is 110 Å². The molecule has 1 heterocycles. The summed E-state index contributed by atoms with van der Waals surface area (Å²) in [6.45, 7) is 5.57. The van der Waals surface area contributed by atoms with E-state index >= 15 is 0 Å². The summed E-state index contributed by atoms with van der Waals surface area (Å²) in [5, 5.41) is 4.85. The lowest BCUT2D eigenvalue weighted by Crippen LogP contribution is -2.46. The first-order valence-electron chi connectivity index (χ1n) is 5.16. The van der Waals surface area contributed by atoms with Crippen LogP contribution in [0.25, 0.3) is 0 Å². The molecular weight excluding hydrogens is 224 g/mol. The molecule has 0 spiro atoms. The number of aryl methyl sites for hydroxylation is 2. The smallest absolute Gasteiger partial charge is 0.318 e. The van der Waals surface area contributed by atoms with Crippen LogP contribution in [0.1, 0.15) is 24.3 Å².